The van der Waals surface area contributed by atoms with Gasteiger partial charge in [-0.1, -0.05) is 6.07 Å². The number of rotatable bonds is 2. The Morgan fingerprint density at radius 3 is 2.48 bits per heavy atom. The molecule has 3 atom stereocenters. The first-order valence-corrected chi connectivity index (χ1v) is 11.3. The average Bonchev–Trinajstić information content (AvgIpc) is 3.40. The number of benzene rings is 1. The van der Waals surface area contributed by atoms with Gasteiger partial charge in [0.05, 0.1) is 0 Å². The molecule has 6 heterocycles. The van der Waals surface area contributed by atoms with Crippen molar-refractivity contribution >= 4 is 5.91 Å². The zero-order valence-electron chi connectivity index (χ0n) is 17.3. The number of likely N-dealkylation sites (tertiary alicyclic amines) is 2. The monoisotopic (exact) mass is 397 g/mol. The van der Waals surface area contributed by atoms with E-state index < -0.39 is 0 Å². The largest absolute Gasteiger partial charge is 0.454 e. The third-order valence-corrected chi connectivity index (χ3v) is 8.24. The first-order chi connectivity index (χ1) is 14.2. The Kier molecular flexibility index (Phi) is 4.27. The molecule has 2 bridgehead atoms. The molecular weight excluding hydrogens is 366 g/mol. The second-order valence-electron chi connectivity index (χ2n) is 9.51. The Morgan fingerprint density at radius 1 is 0.966 bits per heavy atom. The van der Waals surface area contributed by atoms with E-state index in [1.807, 2.05) is 4.90 Å². The van der Waals surface area contributed by atoms with Gasteiger partial charge in [0.1, 0.15) is 0 Å². The molecule has 0 aromatic heterocycles. The second kappa shape index (κ2) is 6.88. The third-order valence-electron chi connectivity index (χ3n) is 8.24. The molecule has 6 aliphatic rings. The quantitative estimate of drug-likeness (QED) is 0.766. The van der Waals surface area contributed by atoms with Crippen LogP contribution >= 0.6 is 0 Å². The van der Waals surface area contributed by atoms with Gasteiger partial charge in [-0.3, -0.25) is 14.6 Å². The van der Waals surface area contributed by atoms with Gasteiger partial charge in [-0.25, -0.2) is 0 Å². The summed E-state index contributed by atoms with van der Waals surface area (Å²) in [6.07, 6.45) is 4.92. The van der Waals surface area contributed by atoms with Crippen LogP contribution in [0.25, 0.3) is 0 Å². The molecular formula is C23H31N3O3. The lowest BCUT2D eigenvalue weighted by atomic mass is 9.75. The number of fused-ring (bicyclic) bond motifs is 3. The Labute approximate surface area is 172 Å². The molecule has 1 aromatic carbocycles. The number of piperidine rings is 4. The Morgan fingerprint density at radius 2 is 1.72 bits per heavy atom. The summed E-state index contributed by atoms with van der Waals surface area (Å²) in [5.41, 5.74) is 1.40. The van der Waals surface area contributed by atoms with E-state index in [9.17, 15) is 4.79 Å². The smallest absolute Gasteiger partial charge is 0.231 e. The van der Waals surface area contributed by atoms with Crippen LogP contribution in [-0.2, 0) is 4.79 Å². The van der Waals surface area contributed by atoms with Gasteiger partial charge in [0, 0.05) is 50.6 Å². The van der Waals surface area contributed by atoms with E-state index in [0.717, 1.165) is 49.9 Å². The highest BCUT2D eigenvalue weighted by Gasteiger charge is 2.54. The fourth-order valence-corrected chi connectivity index (χ4v) is 6.82. The van der Waals surface area contributed by atoms with Crippen molar-refractivity contribution in [3.8, 4) is 11.5 Å². The predicted octanol–water partition coefficient (Wildman–Crippen LogP) is 2.29. The minimum Gasteiger partial charge on any atom is -0.454 e. The van der Waals surface area contributed by atoms with E-state index in [1.165, 1.54) is 31.5 Å². The van der Waals surface area contributed by atoms with Gasteiger partial charge in [0.15, 0.2) is 11.5 Å². The van der Waals surface area contributed by atoms with Crippen LogP contribution < -0.4 is 9.47 Å². The van der Waals surface area contributed by atoms with Gasteiger partial charge in [-0.05, 0) is 62.4 Å². The van der Waals surface area contributed by atoms with Crippen LogP contribution in [0.4, 0.5) is 0 Å². The normalized spacial score (nSPS) is 36.4. The van der Waals surface area contributed by atoms with Crippen molar-refractivity contribution in [2.75, 3.05) is 39.5 Å². The Hall–Kier alpha value is -1.79. The highest BCUT2D eigenvalue weighted by molar-refractivity contribution is 5.73. The molecule has 0 radical (unpaired) electrons. The maximum atomic E-state index is 11.8. The van der Waals surface area contributed by atoms with Gasteiger partial charge >= 0.3 is 0 Å². The van der Waals surface area contributed by atoms with Gasteiger partial charge in [0.2, 0.25) is 12.7 Å². The van der Waals surface area contributed by atoms with E-state index in [4.69, 9.17) is 9.47 Å². The summed E-state index contributed by atoms with van der Waals surface area (Å²) in [4.78, 5) is 19.4. The van der Waals surface area contributed by atoms with Crippen LogP contribution in [0.5, 0.6) is 11.5 Å². The van der Waals surface area contributed by atoms with Gasteiger partial charge < -0.3 is 14.4 Å². The van der Waals surface area contributed by atoms with E-state index in [0.29, 0.717) is 30.8 Å². The predicted molar refractivity (Wildman–Crippen MR) is 109 cm³/mol. The summed E-state index contributed by atoms with van der Waals surface area (Å²) < 4.78 is 11.2. The first kappa shape index (κ1) is 18.0. The number of ether oxygens (including phenoxy) is 2. The minimum atomic E-state index is 0.226. The number of carbonyl (C=O) groups excluding carboxylic acids is 1. The highest BCUT2D eigenvalue weighted by atomic mass is 16.7. The highest BCUT2D eigenvalue weighted by Crippen LogP contribution is 2.49. The molecule has 29 heavy (non-hydrogen) atoms. The van der Waals surface area contributed by atoms with E-state index >= 15 is 0 Å². The fraction of sp³-hybridized carbons (Fsp3) is 0.696. The topological polar surface area (TPSA) is 45.3 Å². The van der Waals surface area contributed by atoms with Crippen LogP contribution in [-0.4, -0.2) is 78.2 Å². The van der Waals surface area contributed by atoms with Crippen molar-refractivity contribution in [1.29, 1.82) is 0 Å². The fourth-order valence-electron chi connectivity index (χ4n) is 6.82. The first-order valence-electron chi connectivity index (χ1n) is 11.3. The van der Waals surface area contributed by atoms with E-state index in [2.05, 4.69) is 28.0 Å². The van der Waals surface area contributed by atoms with Crippen molar-refractivity contribution in [3.63, 3.8) is 0 Å². The van der Waals surface area contributed by atoms with Gasteiger partial charge in [-0.15, -0.1) is 0 Å². The summed E-state index contributed by atoms with van der Waals surface area (Å²) >= 11 is 0. The van der Waals surface area contributed by atoms with Crippen LogP contribution in [0.2, 0.25) is 0 Å². The minimum absolute atomic E-state index is 0.226. The number of nitrogens with zero attached hydrogens (tertiary/aromatic N) is 3. The summed E-state index contributed by atoms with van der Waals surface area (Å²) in [5, 5.41) is 0. The van der Waals surface area contributed by atoms with Crippen LogP contribution in [0.15, 0.2) is 18.2 Å². The lowest BCUT2D eigenvalue weighted by molar-refractivity contribution is -0.130. The molecule has 6 nitrogen and oxygen atoms in total. The maximum absolute atomic E-state index is 11.8. The standard InChI is InChI=1S/C23H31N3O3/c1-15(27)24-10-6-18(7-11-24)26-13-19(17-2-3-20-21(12-17)29-14-28-20)23-22(26)16-4-8-25(23)9-5-16/h2-3,12,16,18-19,22-23H,4-11,13-14H2,1H3/t19-,22+,23+/m1/s1. The lowest BCUT2D eigenvalue weighted by Crippen LogP contribution is -2.61. The average molecular weight is 398 g/mol. The molecule has 6 heteroatoms. The SMILES string of the molecule is CC(=O)N1CCC(N2C[C@H](c3ccc4c(c3)OCO4)[C@H]3[C@@H]2C2CCN3CC2)CC1. The zero-order chi connectivity index (χ0) is 19.5. The molecule has 156 valence electrons. The molecule has 0 unspecified atom stereocenters. The lowest BCUT2D eigenvalue weighted by Gasteiger charge is -2.53. The summed E-state index contributed by atoms with van der Waals surface area (Å²) in [6.45, 7) is 7.51. The van der Waals surface area contributed by atoms with Crippen molar-refractivity contribution in [3.05, 3.63) is 23.8 Å². The van der Waals surface area contributed by atoms with Crippen molar-refractivity contribution in [1.82, 2.24) is 14.7 Å². The van der Waals surface area contributed by atoms with Crippen LogP contribution in [0, 0.1) is 5.92 Å². The zero-order valence-corrected chi connectivity index (χ0v) is 17.3. The molecule has 0 spiro atoms. The summed E-state index contributed by atoms with van der Waals surface area (Å²) in [5.74, 6) is 3.37. The molecule has 6 aliphatic heterocycles. The van der Waals surface area contributed by atoms with E-state index in [1.54, 1.807) is 6.92 Å². The molecule has 0 N–H and O–H groups in total. The number of carbonyl (C=O) groups is 1. The summed E-state index contributed by atoms with van der Waals surface area (Å²) in [6, 6.07) is 8.49. The van der Waals surface area contributed by atoms with E-state index in [-0.39, 0.29) is 5.91 Å². The third kappa shape index (κ3) is 2.87. The van der Waals surface area contributed by atoms with Gasteiger partial charge in [0.25, 0.3) is 0 Å². The van der Waals surface area contributed by atoms with Gasteiger partial charge in [-0.2, -0.15) is 0 Å². The van der Waals surface area contributed by atoms with Crippen molar-refractivity contribution in [2.45, 2.75) is 56.7 Å². The number of hydrogen-bond acceptors (Lipinski definition) is 5. The van der Waals surface area contributed by atoms with Crippen LogP contribution in [0.3, 0.4) is 0 Å². The molecule has 5 fully saturated rings. The molecule has 5 saturated heterocycles. The molecule has 0 aliphatic carbocycles. The number of amides is 1. The second-order valence-corrected chi connectivity index (χ2v) is 9.51. The molecule has 7 rings (SSSR count). The summed E-state index contributed by atoms with van der Waals surface area (Å²) in [7, 11) is 0. The molecule has 0 saturated carbocycles. The molecule has 1 amide bonds. The molecule has 1 aromatic rings. The number of hydrogen-bond donors (Lipinski definition) is 0. The Bertz CT molecular complexity index is 799. The van der Waals surface area contributed by atoms with Crippen LogP contribution in [0.1, 0.15) is 44.1 Å². The Balaban J connectivity index is 1.29. The van der Waals surface area contributed by atoms with Crippen molar-refractivity contribution in [2.24, 2.45) is 5.92 Å². The van der Waals surface area contributed by atoms with Crippen molar-refractivity contribution < 1.29 is 14.3 Å². The maximum Gasteiger partial charge on any atom is 0.231 e.